The van der Waals surface area contributed by atoms with Gasteiger partial charge in [-0.15, -0.1) is 6.58 Å². The molecule has 0 aliphatic carbocycles. The van der Waals surface area contributed by atoms with E-state index in [-0.39, 0.29) is 6.09 Å². The van der Waals surface area contributed by atoms with Gasteiger partial charge in [-0.05, 0) is 40.0 Å². The van der Waals surface area contributed by atoms with Gasteiger partial charge in [0.1, 0.15) is 5.60 Å². The van der Waals surface area contributed by atoms with Crippen molar-refractivity contribution in [3.8, 4) is 0 Å². The highest BCUT2D eigenvalue weighted by atomic mass is 16.6. The molecule has 0 radical (unpaired) electrons. The number of hydrogen-bond donors (Lipinski definition) is 1. The Bertz CT molecular complexity index is 296. The fourth-order valence-electron chi connectivity index (χ4n) is 2.03. The summed E-state index contributed by atoms with van der Waals surface area (Å²) in [6.07, 6.45) is 3.35. The second-order valence-electron chi connectivity index (χ2n) is 5.72. The Labute approximate surface area is 103 Å². The van der Waals surface area contributed by atoms with Crippen LogP contribution in [-0.4, -0.2) is 40.4 Å². The maximum atomic E-state index is 11.9. The molecular weight excluding hydrogens is 218 g/mol. The van der Waals surface area contributed by atoms with Gasteiger partial charge >= 0.3 is 6.09 Å². The quantitative estimate of drug-likeness (QED) is 0.755. The Kier molecular flexibility index (Phi) is 4.20. The van der Waals surface area contributed by atoms with E-state index in [1.165, 1.54) is 0 Å². The van der Waals surface area contributed by atoms with Crippen LogP contribution in [0.3, 0.4) is 0 Å². The second kappa shape index (κ2) is 5.08. The van der Waals surface area contributed by atoms with Crippen LogP contribution < -0.4 is 0 Å². The van der Waals surface area contributed by atoms with Crippen molar-refractivity contribution < 1.29 is 14.6 Å². The van der Waals surface area contributed by atoms with E-state index in [2.05, 4.69) is 6.58 Å². The van der Waals surface area contributed by atoms with Crippen LogP contribution in [0.2, 0.25) is 0 Å². The summed E-state index contributed by atoms with van der Waals surface area (Å²) >= 11 is 0. The molecule has 1 fully saturated rings. The van der Waals surface area contributed by atoms with Gasteiger partial charge in [0.2, 0.25) is 0 Å². The highest BCUT2D eigenvalue weighted by Crippen LogP contribution is 2.25. The minimum absolute atomic E-state index is 0.327. The largest absolute Gasteiger partial charge is 0.444 e. The molecule has 1 rings (SSSR count). The molecule has 1 atom stereocenters. The fraction of sp³-hybridized carbons (Fsp3) is 0.769. The second-order valence-corrected chi connectivity index (χ2v) is 5.72. The van der Waals surface area contributed by atoms with E-state index >= 15 is 0 Å². The third-order valence-electron chi connectivity index (χ3n) is 2.73. The summed E-state index contributed by atoms with van der Waals surface area (Å²) in [6.45, 7) is 10.1. The molecule has 4 nitrogen and oxygen atoms in total. The van der Waals surface area contributed by atoms with Gasteiger partial charge in [-0.1, -0.05) is 6.08 Å². The normalized spacial score (nSPS) is 25.5. The van der Waals surface area contributed by atoms with E-state index < -0.39 is 11.2 Å². The molecular formula is C13H23NO3. The summed E-state index contributed by atoms with van der Waals surface area (Å²) in [7, 11) is 0. The standard InChI is InChI=1S/C13H23NO3/c1-5-7-13(16)8-6-9-14(10-13)11(15)17-12(2,3)4/h5,16H,1,6-10H2,2-4H3/t13-/m1/s1. The molecule has 98 valence electrons. The lowest BCUT2D eigenvalue weighted by Gasteiger charge is -2.39. The monoisotopic (exact) mass is 241 g/mol. The molecule has 0 bridgehead atoms. The maximum absolute atomic E-state index is 11.9. The number of piperidine rings is 1. The smallest absolute Gasteiger partial charge is 0.410 e. The van der Waals surface area contributed by atoms with Crippen molar-refractivity contribution in [2.45, 2.75) is 51.2 Å². The number of aliphatic hydroxyl groups is 1. The van der Waals surface area contributed by atoms with Crippen LogP contribution >= 0.6 is 0 Å². The molecule has 4 heteroatoms. The zero-order valence-corrected chi connectivity index (χ0v) is 11.0. The van der Waals surface area contributed by atoms with Crippen LogP contribution in [0.25, 0.3) is 0 Å². The van der Waals surface area contributed by atoms with E-state index in [1.54, 1.807) is 11.0 Å². The van der Waals surface area contributed by atoms with Crippen molar-refractivity contribution in [2.75, 3.05) is 13.1 Å². The molecule has 1 heterocycles. The van der Waals surface area contributed by atoms with Gasteiger partial charge < -0.3 is 14.7 Å². The Balaban J connectivity index is 2.60. The summed E-state index contributed by atoms with van der Waals surface area (Å²) in [5, 5.41) is 10.3. The third kappa shape index (κ3) is 4.38. The Morgan fingerprint density at radius 3 is 2.76 bits per heavy atom. The number of ether oxygens (including phenoxy) is 1. The van der Waals surface area contributed by atoms with E-state index in [0.717, 1.165) is 6.42 Å². The lowest BCUT2D eigenvalue weighted by atomic mass is 9.90. The van der Waals surface area contributed by atoms with Crippen molar-refractivity contribution in [1.82, 2.24) is 4.90 Å². The van der Waals surface area contributed by atoms with Crippen molar-refractivity contribution in [2.24, 2.45) is 0 Å². The van der Waals surface area contributed by atoms with Crippen LogP contribution in [0, 0.1) is 0 Å². The van der Waals surface area contributed by atoms with Crippen molar-refractivity contribution in [3.63, 3.8) is 0 Å². The first-order valence-corrected chi connectivity index (χ1v) is 6.07. The summed E-state index contributed by atoms with van der Waals surface area (Å²) < 4.78 is 5.30. The van der Waals surface area contributed by atoms with Crippen molar-refractivity contribution in [1.29, 1.82) is 0 Å². The van der Waals surface area contributed by atoms with Gasteiger partial charge in [-0.25, -0.2) is 4.79 Å². The fourth-order valence-corrected chi connectivity index (χ4v) is 2.03. The van der Waals surface area contributed by atoms with Crippen LogP contribution in [0.15, 0.2) is 12.7 Å². The number of nitrogens with zero attached hydrogens (tertiary/aromatic N) is 1. The SMILES string of the molecule is C=CC[C@@]1(O)CCCN(C(=O)OC(C)(C)C)C1. The molecule has 0 aromatic heterocycles. The summed E-state index contributed by atoms with van der Waals surface area (Å²) in [4.78, 5) is 13.5. The number of likely N-dealkylation sites (tertiary alicyclic amines) is 1. The lowest BCUT2D eigenvalue weighted by molar-refractivity contribution is -0.0410. The first-order chi connectivity index (χ1) is 7.76. The average Bonchev–Trinajstić information content (AvgIpc) is 2.14. The van der Waals surface area contributed by atoms with E-state index in [9.17, 15) is 9.90 Å². The van der Waals surface area contributed by atoms with Crippen LogP contribution in [0.5, 0.6) is 0 Å². The third-order valence-corrected chi connectivity index (χ3v) is 2.73. The van der Waals surface area contributed by atoms with Crippen LogP contribution in [0.1, 0.15) is 40.0 Å². The minimum Gasteiger partial charge on any atom is -0.444 e. The molecule has 0 saturated carbocycles. The van der Waals surface area contributed by atoms with E-state index in [0.29, 0.717) is 25.9 Å². The predicted octanol–water partition coefficient (Wildman–Crippen LogP) is 2.32. The predicted molar refractivity (Wildman–Crippen MR) is 66.8 cm³/mol. The number of rotatable bonds is 2. The summed E-state index contributed by atoms with van der Waals surface area (Å²) in [5.41, 5.74) is -1.33. The first kappa shape index (κ1) is 14.0. The Morgan fingerprint density at radius 2 is 2.24 bits per heavy atom. The number of amides is 1. The topological polar surface area (TPSA) is 49.8 Å². The molecule has 0 aromatic rings. The van der Waals surface area contributed by atoms with Crippen LogP contribution in [0.4, 0.5) is 4.79 Å². The molecule has 1 N–H and O–H groups in total. The number of carbonyl (C=O) groups excluding carboxylic acids is 1. The van der Waals surface area contributed by atoms with Gasteiger partial charge in [0.05, 0.1) is 12.1 Å². The number of β-amino-alcohol motifs (C(OH)–C–C–N with tert-alkyl or cyclic N) is 1. The van der Waals surface area contributed by atoms with Gasteiger partial charge in [0.25, 0.3) is 0 Å². The molecule has 0 unspecified atom stereocenters. The zero-order chi connectivity index (χ0) is 13.1. The highest BCUT2D eigenvalue weighted by Gasteiger charge is 2.35. The molecule has 1 aliphatic rings. The van der Waals surface area contributed by atoms with Gasteiger partial charge in [-0.2, -0.15) is 0 Å². The molecule has 17 heavy (non-hydrogen) atoms. The van der Waals surface area contributed by atoms with Gasteiger partial charge in [0, 0.05) is 6.54 Å². The molecule has 0 spiro atoms. The molecule has 0 aromatic carbocycles. The number of carbonyl (C=O) groups is 1. The molecule has 1 aliphatic heterocycles. The van der Waals surface area contributed by atoms with Gasteiger partial charge in [0.15, 0.2) is 0 Å². The maximum Gasteiger partial charge on any atom is 0.410 e. The zero-order valence-electron chi connectivity index (χ0n) is 11.0. The Morgan fingerprint density at radius 1 is 1.59 bits per heavy atom. The van der Waals surface area contributed by atoms with E-state index in [4.69, 9.17) is 4.74 Å². The number of hydrogen-bond acceptors (Lipinski definition) is 3. The highest BCUT2D eigenvalue weighted by molar-refractivity contribution is 5.68. The van der Waals surface area contributed by atoms with Gasteiger partial charge in [-0.3, -0.25) is 0 Å². The summed E-state index contributed by atoms with van der Waals surface area (Å²) in [5.74, 6) is 0. The minimum atomic E-state index is -0.836. The molecule has 1 saturated heterocycles. The average molecular weight is 241 g/mol. The first-order valence-electron chi connectivity index (χ1n) is 6.07. The van der Waals surface area contributed by atoms with Crippen molar-refractivity contribution >= 4 is 6.09 Å². The van der Waals surface area contributed by atoms with E-state index in [1.807, 2.05) is 20.8 Å². The Hall–Kier alpha value is -1.03. The van der Waals surface area contributed by atoms with Crippen LogP contribution in [-0.2, 0) is 4.74 Å². The van der Waals surface area contributed by atoms with Crippen molar-refractivity contribution in [3.05, 3.63) is 12.7 Å². The lowest BCUT2D eigenvalue weighted by Crippen LogP contribution is -2.51. The molecule has 1 amide bonds. The summed E-state index contributed by atoms with van der Waals surface area (Å²) in [6, 6.07) is 0.